The quantitative estimate of drug-likeness (QED) is 0.645. The Morgan fingerprint density at radius 2 is 1.80 bits per heavy atom. The fraction of sp³-hybridized carbons (Fsp3) is 0.158. The molecule has 128 valence electrons. The molecule has 0 bridgehead atoms. The Morgan fingerprint density at radius 3 is 2.40 bits per heavy atom. The lowest BCUT2D eigenvalue weighted by Gasteiger charge is -2.11. The van der Waals surface area contributed by atoms with Crippen molar-refractivity contribution in [1.29, 1.82) is 5.26 Å². The third-order valence-corrected chi connectivity index (χ3v) is 3.52. The highest BCUT2D eigenvalue weighted by Gasteiger charge is 2.14. The van der Waals surface area contributed by atoms with E-state index >= 15 is 0 Å². The molecule has 6 heteroatoms. The van der Waals surface area contributed by atoms with Gasteiger partial charge in [-0.3, -0.25) is 4.79 Å². The fourth-order valence-electron chi connectivity index (χ4n) is 2.30. The lowest BCUT2D eigenvalue weighted by molar-refractivity contribution is -0.112. The maximum absolute atomic E-state index is 12.5. The summed E-state index contributed by atoms with van der Waals surface area (Å²) in [6.45, 7) is 0.678. The number of nitrogens with zero attached hydrogens (tertiary/aromatic N) is 1. The number of nitriles is 1. The molecule has 0 unspecified atom stereocenters. The number of anilines is 1. The average molecular weight is 342 g/mol. The molecule has 2 aromatic rings. The van der Waals surface area contributed by atoms with Gasteiger partial charge in [-0.2, -0.15) is 14.0 Å². The molecule has 25 heavy (non-hydrogen) atoms. The molecule has 2 rings (SSSR count). The summed E-state index contributed by atoms with van der Waals surface area (Å²) in [6.07, 6.45) is 1.22. The van der Waals surface area contributed by atoms with Crippen molar-refractivity contribution in [3.8, 4) is 11.8 Å². The molecule has 0 atom stereocenters. The second-order valence-electron chi connectivity index (χ2n) is 5.31. The molecule has 0 spiro atoms. The first-order valence-electron chi connectivity index (χ1n) is 7.45. The van der Waals surface area contributed by atoms with Crippen molar-refractivity contribution < 1.29 is 18.3 Å². The number of nitrogens with one attached hydrogen (secondary N) is 1. The van der Waals surface area contributed by atoms with Crippen LogP contribution in [0.3, 0.4) is 0 Å². The number of aryl methyl sites for hydroxylation is 2. The van der Waals surface area contributed by atoms with Crippen LogP contribution >= 0.6 is 0 Å². The standard InChI is InChI=1S/C19H16F2N2O2/c1-12-6-5-7-13(2)17(12)23-18(24)15(11-22)10-14-8-3-4-9-16(14)25-19(20)21/h3-10,19H,1-2H3,(H,23,24)/b15-10+. The minimum atomic E-state index is -3.00. The van der Waals surface area contributed by atoms with Crippen LogP contribution in [0.5, 0.6) is 5.75 Å². The number of carbonyl (C=O) groups excluding carboxylic acids is 1. The van der Waals surface area contributed by atoms with Gasteiger partial charge in [0.25, 0.3) is 5.91 Å². The molecule has 0 aliphatic rings. The first-order valence-corrected chi connectivity index (χ1v) is 7.45. The van der Waals surface area contributed by atoms with E-state index in [-0.39, 0.29) is 16.9 Å². The zero-order chi connectivity index (χ0) is 18.4. The van der Waals surface area contributed by atoms with Crippen LogP contribution in [-0.2, 0) is 4.79 Å². The van der Waals surface area contributed by atoms with E-state index in [9.17, 15) is 18.8 Å². The van der Waals surface area contributed by atoms with Crippen molar-refractivity contribution in [2.45, 2.75) is 20.5 Å². The molecule has 0 fully saturated rings. The summed E-state index contributed by atoms with van der Waals surface area (Å²) >= 11 is 0. The van der Waals surface area contributed by atoms with E-state index in [0.717, 1.165) is 11.1 Å². The molecule has 0 aliphatic carbocycles. The number of alkyl halides is 2. The van der Waals surface area contributed by atoms with Crippen molar-refractivity contribution in [2.75, 3.05) is 5.32 Å². The SMILES string of the molecule is Cc1cccc(C)c1NC(=O)/C(C#N)=C/c1ccccc1OC(F)F. The Labute approximate surface area is 144 Å². The molecule has 0 aliphatic heterocycles. The topological polar surface area (TPSA) is 62.1 Å². The Kier molecular flexibility index (Phi) is 5.85. The van der Waals surface area contributed by atoms with E-state index < -0.39 is 12.5 Å². The number of carbonyl (C=O) groups is 1. The summed E-state index contributed by atoms with van der Waals surface area (Å²) in [5.74, 6) is -0.725. The Hall–Kier alpha value is -3.20. The third kappa shape index (κ3) is 4.64. The van der Waals surface area contributed by atoms with E-state index in [1.54, 1.807) is 12.1 Å². The van der Waals surface area contributed by atoms with Crippen LogP contribution in [0.2, 0.25) is 0 Å². The molecule has 0 aromatic heterocycles. The predicted molar refractivity (Wildman–Crippen MR) is 91.2 cm³/mol. The summed E-state index contributed by atoms with van der Waals surface area (Å²) in [7, 11) is 0. The van der Waals surface area contributed by atoms with Crippen molar-refractivity contribution in [3.05, 3.63) is 64.7 Å². The van der Waals surface area contributed by atoms with E-state index in [1.807, 2.05) is 32.0 Å². The van der Waals surface area contributed by atoms with Gasteiger partial charge in [-0.25, -0.2) is 0 Å². The first-order chi connectivity index (χ1) is 11.9. The molecule has 2 aromatic carbocycles. The van der Waals surface area contributed by atoms with Crippen molar-refractivity contribution in [3.63, 3.8) is 0 Å². The first kappa shape index (κ1) is 18.1. The van der Waals surface area contributed by atoms with Gasteiger partial charge in [-0.05, 0) is 37.1 Å². The van der Waals surface area contributed by atoms with Gasteiger partial charge in [0, 0.05) is 11.3 Å². The van der Waals surface area contributed by atoms with Gasteiger partial charge in [0.05, 0.1) is 0 Å². The number of rotatable bonds is 5. The second-order valence-corrected chi connectivity index (χ2v) is 5.31. The molecule has 1 N–H and O–H groups in total. The van der Waals surface area contributed by atoms with Gasteiger partial charge >= 0.3 is 6.61 Å². The van der Waals surface area contributed by atoms with E-state index in [2.05, 4.69) is 10.1 Å². The van der Waals surface area contributed by atoms with Crippen molar-refractivity contribution in [1.82, 2.24) is 0 Å². The summed E-state index contributed by atoms with van der Waals surface area (Å²) in [4.78, 5) is 12.4. The molecule has 1 amide bonds. The van der Waals surface area contributed by atoms with Crippen LogP contribution in [0, 0.1) is 25.2 Å². The monoisotopic (exact) mass is 342 g/mol. The van der Waals surface area contributed by atoms with Crippen LogP contribution in [-0.4, -0.2) is 12.5 Å². The summed E-state index contributed by atoms with van der Waals surface area (Å²) in [5, 5.41) is 12.0. The van der Waals surface area contributed by atoms with Crippen LogP contribution in [0.4, 0.5) is 14.5 Å². The van der Waals surface area contributed by atoms with Gasteiger partial charge in [-0.1, -0.05) is 36.4 Å². The number of hydrogen-bond donors (Lipinski definition) is 1. The van der Waals surface area contributed by atoms with Gasteiger partial charge in [0.15, 0.2) is 0 Å². The highest BCUT2D eigenvalue weighted by atomic mass is 19.3. The number of amides is 1. The zero-order valence-electron chi connectivity index (χ0n) is 13.7. The summed E-state index contributed by atoms with van der Waals surface area (Å²) in [6, 6.07) is 13.3. The number of hydrogen-bond acceptors (Lipinski definition) is 3. The second kappa shape index (κ2) is 8.06. The highest BCUT2D eigenvalue weighted by Crippen LogP contribution is 2.24. The fourth-order valence-corrected chi connectivity index (χ4v) is 2.30. The van der Waals surface area contributed by atoms with Crippen LogP contribution < -0.4 is 10.1 Å². The minimum absolute atomic E-state index is 0.106. The van der Waals surface area contributed by atoms with Crippen LogP contribution in [0.15, 0.2) is 48.0 Å². The van der Waals surface area contributed by atoms with E-state index in [0.29, 0.717) is 5.69 Å². The molecule has 0 radical (unpaired) electrons. The lowest BCUT2D eigenvalue weighted by Crippen LogP contribution is -2.15. The summed E-state index contributed by atoms with van der Waals surface area (Å²) < 4.78 is 29.3. The lowest BCUT2D eigenvalue weighted by atomic mass is 10.1. The Morgan fingerprint density at radius 1 is 1.16 bits per heavy atom. The minimum Gasteiger partial charge on any atom is -0.434 e. The largest absolute Gasteiger partial charge is 0.434 e. The smallest absolute Gasteiger partial charge is 0.387 e. The molecule has 0 saturated carbocycles. The number of para-hydroxylation sites is 2. The molecule has 4 nitrogen and oxygen atoms in total. The van der Waals surface area contributed by atoms with E-state index in [1.165, 1.54) is 24.3 Å². The average Bonchev–Trinajstić information content (AvgIpc) is 2.56. The molecular weight excluding hydrogens is 326 g/mol. The van der Waals surface area contributed by atoms with Crippen LogP contribution in [0.25, 0.3) is 6.08 Å². The zero-order valence-corrected chi connectivity index (χ0v) is 13.7. The number of benzene rings is 2. The van der Waals surface area contributed by atoms with Gasteiger partial charge in [-0.15, -0.1) is 0 Å². The highest BCUT2D eigenvalue weighted by molar-refractivity contribution is 6.10. The normalized spacial score (nSPS) is 11.1. The summed E-state index contributed by atoms with van der Waals surface area (Å²) in [5.41, 5.74) is 2.33. The van der Waals surface area contributed by atoms with Gasteiger partial charge < -0.3 is 10.1 Å². The maximum Gasteiger partial charge on any atom is 0.387 e. The number of ether oxygens (including phenoxy) is 1. The van der Waals surface area contributed by atoms with Gasteiger partial charge in [0.2, 0.25) is 0 Å². The molecule has 0 saturated heterocycles. The number of halogens is 2. The maximum atomic E-state index is 12.5. The molecule has 0 heterocycles. The Bertz CT molecular complexity index is 834. The predicted octanol–water partition coefficient (Wildman–Crippen LogP) is 4.45. The van der Waals surface area contributed by atoms with Crippen molar-refractivity contribution >= 4 is 17.7 Å². The van der Waals surface area contributed by atoms with Gasteiger partial charge in [0.1, 0.15) is 17.4 Å². The Balaban J connectivity index is 2.32. The third-order valence-electron chi connectivity index (χ3n) is 3.52. The van der Waals surface area contributed by atoms with Crippen molar-refractivity contribution in [2.24, 2.45) is 0 Å². The van der Waals surface area contributed by atoms with Crippen LogP contribution in [0.1, 0.15) is 16.7 Å². The van der Waals surface area contributed by atoms with E-state index in [4.69, 9.17) is 0 Å². The molecular formula is C19H16F2N2O2.